The van der Waals surface area contributed by atoms with Crippen molar-refractivity contribution in [2.75, 3.05) is 6.54 Å². The second kappa shape index (κ2) is 4.28. The maximum absolute atomic E-state index is 11.3. The summed E-state index contributed by atoms with van der Waals surface area (Å²) < 4.78 is 0.748. The minimum atomic E-state index is -0.257. The molecule has 13 heavy (non-hydrogen) atoms. The van der Waals surface area contributed by atoms with Gasteiger partial charge in [0.2, 0.25) is 0 Å². The molecule has 0 saturated carbocycles. The number of carbonyl (C=O) groups is 1. The van der Waals surface area contributed by atoms with Gasteiger partial charge in [0.15, 0.2) is 0 Å². The van der Waals surface area contributed by atoms with Gasteiger partial charge in [-0.05, 0) is 25.1 Å². The molecule has 0 atom stereocenters. The van der Waals surface area contributed by atoms with Crippen molar-refractivity contribution >= 4 is 21.8 Å². The lowest BCUT2D eigenvalue weighted by Crippen LogP contribution is -2.22. The molecule has 0 aromatic heterocycles. The molecule has 0 saturated heterocycles. The van der Waals surface area contributed by atoms with Crippen molar-refractivity contribution in [3.8, 4) is 5.75 Å². The van der Waals surface area contributed by atoms with E-state index in [0.29, 0.717) is 12.1 Å². The highest BCUT2D eigenvalue weighted by molar-refractivity contribution is 9.10. The SMILES string of the molecule is CCNC(=O)c1ccc(Br)cc1O. The van der Waals surface area contributed by atoms with Crippen LogP contribution in [0.1, 0.15) is 17.3 Å². The van der Waals surface area contributed by atoms with Crippen LogP contribution in [-0.2, 0) is 0 Å². The van der Waals surface area contributed by atoms with Crippen molar-refractivity contribution in [2.24, 2.45) is 0 Å². The monoisotopic (exact) mass is 243 g/mol. The summed E-state index contributed by atoms with van der Waals surface area (Å²) in [6, 6.07) is 4.78. The summed E-state index contributed by atoms with van der Waals surface area (Å²) in [5.41, 5.74) is 0.296. The maximum atomic E-state index is 11.3. The molecule has 0 aliphatic carbocycles. The summed E-state index contributed by atoms with van der Waals surface area (Å²) in [4.78, 5) is 11.3. The molecule has 0 heterocycles. The number of amides is 1. The highest BCUT2D eigenvalue weighted by Gasteiger charge is 2.09. The minimum Gasteiger partial charge on any atom is -0.507 e. The van der Waals surface area contributed by atoms with E-state index in [1.807, 2.05) is 6.92 Å². The van der Waals surface area contributed by atoms with E-state index in [0.717, 1.165) is 4.47 Å². The van der Waals surface area contributed by atoms with Crippen LogP contribution in [0.15, 0.2) is 22.7 Å². The molecule has 1 amide bonds. The van der Waals surface area contributed by atoms with Gasteiger partial charge >= 0.3 is 0 Å². The molecular formula is C9H10BrNO2. The van der Waals surface area contributed by atoms with Gasteiger partial charge in [0.05, 0.1) is 5.56 Å². The van der Waals surface area contributed by atoms with E-state index in [4.69, 9.17) is 0 Å². The summed E-state index contributed by atoms with van der Waals surface area (Å²) in [6.07, 6.45) is 0. The molecule has 70 valence electrons. The van der Waals surface area contributed by atoms with Gasteiger partial charge in [0.25, 0.3) is 5.91 Å². The molecule has 1 rings (SSSR count). The first-order valence-electron chi connectivity index (χ1n) is 3.92. The largest absolute Gasteiger partial charge is 0.507 e. The number of halogens is 1. The number of hydrogen-bond donors (Lipinski definition) is 2. The molecule has 0 fully saturated rings. The smallest absolute Gasteiger partial charge is 0.255 e. The Balaban J connectivity index is 2.95. The molecule has 0 spiro atoms. The number of nitrogens with one attached hydrogen (secondary N) is 1. The van der Waals surface area contributed by atoms with E-state index >= 15 is 0 Å². The average molecular weight is 244 g/mol. The molecule has 3 nitrogen and oxygen atoms in total. The third-order valence-corrected chi connectivity index (χ3v) is 2.03. The van der Waals surface area contributed by atoms with Gasteiger partial charge in [-0.1, -0.05) is 15.9 Å². The Labute approximate surface area is 84.9 Å². The van der Waals surface area contributed by atoms with Crippen molar-refractivity contribution in [3.63, 3.8) is 0 Å². The molecule has 0 bridgehead atoms. The Kier molecular flexibility index (Phi) is 3.31. The minimum absolute atomic E-state index is 0.0136. The Morgan fingerprint density at radius 3 is 2.85 bits per heavy atom. The summed E-state index contributed by atoms with van der Waals surface area (Å²) in [6.45, 7) is 2.38. The van der Waals surface area contributed by atoms with Crippen LogP contribution in [0, 0.1) is 0 Å². The summed E-state index contributed by atoms with van der Waals surface area (Å²) in [5, 5.41) is 12.0. The van der Waals surface area contributed by atoms with Crippen molar-refractivity contribution in [1.82, 2.24) is 5.32 Å². The third kappa shape index (κ3) is 2.45. The lowest BCUT2D eigenvalue weighted by molar-refractivity contribution is 0.0953. The first-order chi connectivity index (χ1) is 6.15. The predicted molar refractivity (Wildman–Crippen MR) is 53.8 cm³/mol. The first kappa shape index (κ1) is 10.1. The van der Waals surface area contributed by atoms with Gasteiger partial charge in [0, 0.05) is 11.0 Å². The van der Waals surface area contributed by atoms with E-state index in [1.54, 1.807) is 12.1 Å². The van der Waals surface area contributed by atoms with Crippen molar-refractivity contribution in [2.45, 2.75) is 6.92 Å². The highest BCUT2D eigenvalue weighted by atomic mass is 79.9. The number of hydrogen-bond acceptors (Lipinski definition) is 2. The Morgan fingerprint density at radius 2 is 2.31 bits per heavy atom. The Bertz CT molecular complexity index is 325. The normalized spacial score (nSPS) is 9.69. The summed E-state index contributed by atoms with van der Waals surface area (Å²) in [7, 11) is 0. The van der Waals surface area contributed by atoms with Gasteiger partial charge in [0.1, 0.15) is 5.75 Å². The van der Waals surface area contributed by atoms with Gasteiger partial charge < -0.3 is 10.4 Å². The van der Waals surface area contributed by atoms with Crippen LogP contribution in [0.4, 0.5) is 0 Å². The molecule has 0 unspecified atom stereocenters. The topological polar surface area (TPSA) is 49.3 Å². The van der Waals surface area contributed by atoms with Crippen molar-refractivity contribution in [3.05, 3.63) is 28.2 Å². The van der Waals surface area contributed by atoms with Crippen LogP contribution in [0.25, 0.3) is 0 Å². The predicted octanol–water partition coefficient (Wildman–Crippen LogP) is 1.90. The zero-order valence-electron chi connectivity index (χ0n) is 7.17. The van der Waals surface area contributed by atoms with Crippen LogP contribution in [0.2, 0.25) is 0 Å². The van der Waals surface area contributed by atoms with Gasteiger partial charge in [-0.15, -0.1) is 0 Å². The van der Waals surface area contributed by atoms with Crippen LogP contribution in [0.3, 0.4) is 0 Å². The maximum Gasteiger partial charge on any atom is 0.255 e. The van der Waals surface area contributed by atoms with Crippen LogP contribution in [0.5, 0.6) is 5.75 Å². The fraction of sp³-hybridized carbons (Fsp3) is 0.222. The lowest BCUT2D eigenvalue weighted by Gasteiger charge is -2.04. The van der Waals surface area contributed by atoms with Crippen molar-refractivity contribution in [1.29, 1.82) is 0 Å². The van der Waals surface area contributed by atoms with Crippen LogP contribution >= 0.6 is 15.9 Å². The van der Waals surface area contributed by atoms with E-state index in [9.17, 15) is 9.90 Å². The fourth-order valence-electron chi connectivity index (χ4n) is 0.953. The van der Waals surface area contributed by atoms with E-state index in [2.05, 4.69) is 21.2 Å². The Morgan fingerprint density at radius 1 is 1.62 bits per heavy atom. The zero-order valence-corrected chi connectivity index (χ0v) is 8.76. The van der Waals surface area contributed by atoms with E-state index in [-0.39, 0.29) is 11.7 Å². The average Bonchev–Trinajstić information content (AvgIpc) is 2.04. The summed E-state index contributed by atoms with van der Waals surface area (Å²) >= 11 is 3.19. The second-order valence-corrected chi connectivity index (χ2v) is 3.44. The number of aromatic hydroxyl groups is 1. The highest BCUT2D eigenvalue weighted by Crippen LogP contribution is 2.21. The molecule has 0 radical (unpaired) electrons. The molecule has 2 N–H and O–H groups in total. The number of carbonyl (C=O) groups excluding carboxylic acids is 1. The summed E-state index contributed by atoms with van der Waals surface area (Å²) in [5.74, 6) is -0.271. The third-order valence-electron chi connectivity index (χ3n) is 1.54. The molecule has 1 aromatic rings. The van der Waals surface area contributed by atoms with Gasteiger partial charge in [-0.25, -0.2) is 0 Å². The standard InChI is InChI=1S/C9H10BrNO2/c1-2-11-9(13)7-4-3-6(10)5-8(7)12/h3-5,12H,2H2,1H3,(H,11,13). The number of phenols is 1. The van der Waals surface area contributed by atoms with E-state index < -0.39 is 0 Å². The van der Waals surface area contributed by atoms with Crippen molar-refractivity contribution < 1.29 is 9.90 Å². The number of rotatable bonds is 2. The molecule has 4 heteroatoms. The number of phenolic OH excluding ortho intramolecular Hbond substituents is 1. The molecule has 0 aliphatic rings. The fourth-order valence-corrected chi connectivity index (χ4v) is 1.30. The van der Waals surface area contributed by atoms with Crippen LogP contribution in [-0.4, -0.2) is 17.6 Å². The zero-order chi connectivity index (χ0) is 9.84. The lowest BCUT2D eigenvalue weighted by atomic mass is 10.2. The van der Waals surface area contributed by atoms with Crippen LogP contribution < -0.4 is 5.32 Å². The van der Waals surface area contributed by atoms with E-state index in [1.165, 1.54) is 6.07 Å². The number of benzene rings is 1. The van der Waals surface area contributed by atoms with Gasteiger partial charge in [-0.3, -0.25) is 4.79 Å². The molecule has 1 aromatic carbocycles. The quantitative estimate of drug-likeness (QED) is 0.834. The first-order valence-corrected chi connectivity index (χ1v) is 4.71. The van der Waals surface area contributed by atoms with Gasteiger partial charge in [-0.2, -0.15) is 0 Å². The molecule has 0 aliphatic heterocycles. The molecular weight excluding hydrogens is 234 g/mol. The Hall–Kier alpha value is -1.03. The second-order valence-electron chi connectivity index (χ2n) is 2.52.